The van der Waals surface area contributed by atoms with E-state index in [0.717, 1.165) is 4.47 Å². The molecule has 5 rings (SSSR count). The Bertz CT molecular complexity index is 1290. The second-order valence-corrected chi connectivity index (χ2v) is 8.12. The SMILES string of the molecule is Nc1ncnc2c1ccn2[C@@H]1O[C@H](COc2cc3ncc(Br)cc3cc2F)[C@@H](O)[C@H]1O. The molecule has 160 valence electrons. The number of aliphatic hydroxyl groups excluding tert-OH is 2. The van der Waals surface area contributed by atoms with E-state index in [0.29, 0.717) is 27.8 Å². The fourth-order valence-electron chi connectivity index (χ4n) is 3.68. The Morgan fingerprint density at radius 2 is 2.03 bits per heavy atom. The first kappa shape index (κ1) is 20.1. The number of rotatable bonds is 4. The van der Waals surface area contributed by atoms with Crippen molar-refractivity contribution in [3.8, 4) is 5.75 Å². The average Bonchev–Trinajstić information content (AvgIpc) is 3.29. The molecule has 0 spiro atoms. The molecule has 1 fully saturated rings. The van der Waals surface area contributed by atoms with Crippen molar-refractivity contribution in [3.63, 3.8) is 0 Å². The Labute approximate surface area is 183 Å². The number of fused-ring (bicyclic) bond motifs is 2. The van der Waals surface area contributed by atoms with E-state index in [1.165, 1.54) is 18.5 Å². The van der Waals surface area contributed by atoms with Gasteiger partial charge in [0.1, 0.15) is 42.7 Å². The molecule has 31 heavy (non-hydrogen) atoms. The third kappa shape index (κ3) is 3.49. The minimum absolute atomic E-state index is 0.0250. The normalized spacial score (nSPS) is 23.6. The second kappa shape index (κ2) is 7.68. The van der Waals surface area contributed by atoms with Gasteiger partial charge in [-0.2, -0.15) is 0 Å². The number of pyridine rings is 1. The first-order valence-corrected chi connectivity index (χ1v) is 10.2. The number of ether oxygens (including phenoxy) is 2. The van der Waals surface area contributed by atoms with Gasteiger partial charge in [0, 0.05) is 28.3 Å². The maximum Gasteiger partial charge on any atom is 0.165 e. The molecule has 1 saturated heterocycles. The molecule has 0 amide bonds. The number of nitrogen functional groups attached to an aromatic ring is 1. The molecule has 4 heterocycles. The van der Waals surface area contributed by atoms with E-state index < -0.39 is 30.4 Å². The molecule has 9 nitrogen and oxygen atoms in total. The zero-order valence-electron chi connectivity index (χ0n) is 15.9. The van der Waals surface area contributed by atoms with Crippen LogP contribution in [0.1, 0.15) is 6.23 Å². The number of halogens is 2. The summed E-state index contributed by atoms with van der Waals surface area (Å²) in [5, 5.41) is 22.2. The molecule has 1 aliphatic heterocycles. The minimum atomic E-state index is -1.25. The van der Waals surface area contributed by atoms with Crippen molar-refractivity contribution >= 4 is 43.7 Å². The summed E-state index contributed by atoms with van der Waals surface area (Å²) < 4.78 is 28.2. The van der Waals surface area contributed by atoms with Crippen LogP contribution >= 0.6 is 15.9 Å². The quantitative estimate of drug-likeness (QED) is 0.397. The number of hydrogen-bond donors (Lipinski definition) is 3. The molecule has 4 atom stereocenters. The van der Waals surface area contributed by atoms with Gasteiger partial charge in [0.05, 0.1) is 10.9 Å². The molecule has 0 bridgehead atoms. The van der Waals surface area contributed by atoms with Crippen LogP contribution in [0.15, 0.2) is 47.5 Å². The topological polar surface area (TPSA) is 129 Å². The van der Waals surface area contributed by atoms with Gasteiger partial charge >= 0.3 is 0 Å². The van der Waals surface area contributed by atoms with Crippen LogP contribution < -0.4 is 10.5 Å². The largest absolute Gasteiger partial charge is 0.488 e. The number of hydrogen-bond acceptors (Lipinski definition) is 8. The van der Waals surface area contributed by atoms with Gasteiger partial charge in [-0.1, -0.05) is 0 Å². The number of anilines is 1. The highest BCUT2D eigenvalue weighted by Crippen LogP contribution is 2.33. The predicted octanol–water partition coefficient (Wildman–Crippen LogP) is 2.16. The van der Waals surface area contributed by atoms with Crippen molar-refractivity contribution in [2.75, 3.05) is 12.3 Å². The molecule has 3 aromatic heterocycles. The van der Waals surface area contributed by atoms with Gasteiger partial charge in [-0.25, -0.2) is 14.4 Å². The van der Waals surface area contributed by atoms with Crippen LogP contribution in [0.25, 0.3) is 21.9 Å². The third-order valence-corrected chi connectivity index (χ3v) is 5.69. The average molecular weight is 490 g/mol. The first-order chi connectivity index (χ1) is 14.9. The summed E-state index contributed by atoms with van der Waals surface area (Å²) in [6, 6.07) is 6.25. The van der Waals surface area contributed by atoms with Crippen LogP contribution in [0, 0.1) is 5.82 Å². The maximum absolute atomic E-state index is 14.5. The van der Waals surface area contributed by atoms with Crippen LogP contribution in [-0.4, -0.2) is 54.7 Å². The molecule has 4 N–H and O–H groups in total. The number of nitrogens with two attached hydrogens (primary N) is 1. The van der Waals surface area contributed by atoms with Gasteiger partial charge in [-0.3, -0.25) is 4.98 Å². The summed E-state index contributed by atoms with van der Waals surface area (Å²) in [6.07, 6.45) is 0.237. The van der Waals surface area contributed by atoms with Crippen molar-refractivity contribution in [1.82, 2.24) is 19.5 Å². The fraction of sp³-hybridized carbons (Fsp3) is 0.250. The van der Waals surface area contributed by atoms with E-state index in [1.54, 1.807) is 29.1 Å². The van der Waals surface area contributed by atoms with E-state index in [2.05, 4.69) is 30.9 Å². The molecule has 0 unspecified atom stereocenters. The van der Waals surface area contributed by atoms with E-state index in [-0.39, 0.29) is 12.4 Å². The van der Waals surface area contributed by atoms with Crippen molar-refractivity contribution in [1.29, 1.82) is 0 Å². The van der Waals surface area contributed by atoms with Crippen LogP contribution in [0.2, 0.25) is 0 Å². The Kier molecular flexibility index (Phi) is 4.97. The summed E-state index contributed by atoms with van der Waals surface area (Å²) in [6.45, 7) is -0.177. The summed E-state index contributed by atoms with van der Waals surface area (Å²) >= 11 is 3.30. The lowest BCUT2D eigenvalue weighted by atomic mass is 10.1. The smallest absolute Gasteiger partial charge is 0.165 e. The molecule has 0 radical (unpaired) electrons. The molecular weight excluding hydrogens is 473 g/mol. The molecule has 0 aliphatic carbocycles. The Hall–Kier alpha value is -2.86. The Morgan fingerprint density at radius 3 is 2.87 bits per heavy atom. The van der Waals surface area contributed by atoms with Crippen molar-refractivity contribution < 1.29 is 24.1 Å². The maximum atomic E-state index is 14.5. The summed E-state index contributed by atoms with van der Waals surface area (Å²) in [5.41, 5.74) is 6.87. The summed E-state index contributed by atoms with van der Waals surface area (Å²) in [5.74, 6) is -0.298. The Balaban J connectivity index is 1.36. The first-order valence-electron chi connectivity index (χ1n) is 9.38. The lowest BCUT2D eigenvalue weighted by Gasteiger charge is -2.17. The zero-order valence-corrected chi connectivity index (χ0v) is 17.5. The molecule has 11 heteroatoms. The second-order valence-electron chi connectivity index (χ2n) is 7.21. The Morgan fingerprint density at radius 1 is 1.19 bits per heavy atom. The van der Waals surface area contributed by atoms with Crippen molar-refractivity contribution in [3.05, 3.63) is 53.3 Å². The van der Waals surface area contributed by atoms with Gasteiger partial charge in [0.2, 0.25) is 0 Å². The van der Waals surface area contributed by atoms with Gasteiger partial charge in [0.15, 0.2) is 17.8 Å². The van der Waals surface area contributed by atoms with Gasteiger partial charge in [0.25, 0.3) is 0 Å². The number of aromatic nitrogens is 4. The predicted molar refractivity (Wildman–Crippen MR) is 113 cm³/mol. The van der Waals surface area contributed by atoms with Crippen LogP contribution in [-0.2, 0) is 4.74 Å². The van der Waals surface area contributed by atoms with Crippen molar-refractivity contribution in [2.45, 2.75) is 24.5 Å². The summed E-state index contributed by atoms with van der Waals surface area (Å²) in [4.78, 5) is 12.3. The standard InChI is InChI=1S/C20H17BrFN5O4/c21-10-3-9-4-12(22)14(5-13(9)24-6-10)30-7-15-16(28)17(29)20(31-15)27-2-1-11-18(23)25-8-26-19(11)27/h1-6,8,15-17,20,28-29H,7H2,(H2,23,25,26)/t15-,16-,17-,20-/m1/s1. The number of nitrogens with zero attached hydrogens (tertiary/aromatic N) is 4. The van der Waals surface area contributed by atoms with E-state index >= 15 is 0 Å². The van der Waals surface area contributed by atoms with Crippen molar-refractivity contribution in [2.24, 2.45) is 0 Å². The minimum Gasteiger partial charge on any atom is -0.488 e. The number of aliphatic hydroxyl groups is 2. The van der Waals surface area contributed by atoms with Crippen LogP contribution in [0.4, 0.5) is 10.2 Å². The van der Waals surface area contributed by atoms with Gasteiger partial charge in [-0.05, 0) is 34.1 Å². The molecule has 4 aromatic rings. The molecule has 1 aliphatic rings. The van der Waals surface area contributed by atoms with Gasteiger partial charge in [-0.15, -0.1) is 0 Å². The highest BCUT2D eigenvalue weighted by atomic mass is 79.9. The third-order valence-electron chi connectivity index (χ3n) is 5.26. The lowest BCUT2D eigenvalue weighted by Crippen LogP contribution is -2.34. The highest BCUT2D eigenvalue weighted by molar-refractivity contribution is 9.10. The lowest BCUT2D eigenvalue weighted by molar-refractivity contribution is -0.0475. The zero-order chi connectivity index (χ0) is 21.7. The monoisotopic (exact) mass is 489 g/mol. The molecule has 0 saturated carbocycles. The fourth-order valence-corrected chi connectivity index (χ4v) is 4.03. The number of benzene rings is 1. The van der Waals surface area contributed by atoms with Gasteiger partial charge < -0.3 is 30.0 Å². The van der Waals surface area contributed by atoms with Crippen LogP contribution in [0.3, 0.4) is 0 Å². The van der Waals surface area contributed by atoms with E-state index in [4.69, 9.17) is 15.2 Å². The summed E-state index contributed by atoms with van der Waals surface area (Å²) in [7, 11) is 0. The molecule has 1 aromatic carbocycles. The van der Waals surface area contributed by atoms with Crippen LogP contribution in [0.5, 0.6) is 5.75 Å². The van der Waals surface area contributed by atoms with E-state index in [1.807, 2.05) is 0 Å². The van der Waals surface area contributed by atoms with E-state index in [9.17, 15) is 14.6 Å². The molecular formula is C20H17BrFN5O4. The highest BCUT2D eigenvalue weighted by Gasteiger charge is 2.44.